The highest BCUT2D eigenvalue weighted by Crippen LogP contribution is 2.39. The van der Waals surface area contributed by atoms with Crippen LogP contribution in [-0.2, 0) is 0 Å². The van der Waals surface area contributed by atoms with Crippen LogP contribution < -0.4 is 10.6 Å². The second kappa shape index (κ2) is 13.7. The van der Waals surface area contributed by atoms with E-state index in [9.17, 15) is 0 Å². The molecule has 4 aromatic carbocycles. The fourth-order valence-electron chi connectivity index (χ4n) is 6.25. The van der Waals surface area contributed by atoms with Crippen LogP contribution in [0.15, 0.2) is 110 Å². The Hall–Kier alpha value is -6.14. The van der Waals surface area contributed by atoms with E-state index in [1.807, 2.05) is 56.8 Å². The van der Waals surface area contributed by atoms with Crippen molar-refractivity contribution in [3.05, 3.63) is 138 Å². The molecule has 6 rings (SSSR count). The normalized spacial score (nSPS) is 10.8. The molecular formula is C42H38N6. The maximum absolute atomic E-state index is 7.85. The first-order valence-corrected chi connectivity index (χ1v) is 15.8. The van der Waals surface area contributed by atoms with Crippen molar-refractivity contribution in [2.24, 2.45) is 0 Å². The molecule has 0 aliphatic heterocycles. The predicted molar refractivity (Wildman–Crippen MR) is 204 cm³/mol. The molecule has 0 aliphatic carbocycles. The first kappa shape index (κ1) is 31.8. The van der Waals surface area contributed by atoms with Crippen molar-refractivity contribution >= 4 is 29.9 Å². The average Bonchev–Trinajstić information content (AvgIpc) is 3.13. The number of anilines is 2. The Labute approximate surface area is 282 Å². The summed E-state index contributed by atoms with van der Waals surface area (Å²) in [5, 5.41) is 22.0. The van der Waals surface area contributed by atoms with Crippen LogP contribution in [-0.4, -0.2) is 36.5 Å². The smallest absolute Gasteiger partial charge is 0.0780 e. The molecule has 0 saturated carbocycles. The van der Waals surface area contributed by atoms with E-state index in [2.05, 4.69) is 97.8 Å². The van der Waals surface area contributed by atoms with Gasteiger partial charge in [0.1, 0.15) is 0 Å². The van der Waals surface area contributed by atoms with Gasteiger partial charge in [0.15, 0.2) is 0 Å². The summed E-state index contributed by atoms with van der Waals surface area (Å²) in [6.07, 6.45) is 8.39. The molecule has 4 N–H and O–H groups in total. The molecule has 0 aliphatic rings. The Morgan fingerprint density at radius 3 is 1.71 bits per heavy atom. The number of aryl methyl sites for hydroxylation is 2. The van der Waals surface area contributed by atoms with E-state index in [1.54, 1.807) is 0 Å². The maximum atomic E-state index is 7.85. The van der Waals surface area contributed by atoms with Crippen molar-refractivity contribution < 1.29 is 0 Å². The SMILES string of the molecule is C=Cc1ccc(-c2ncc(-c3ccc(-c4ncccc4-c4ccc(C=N)c(NC)c4)cc3C)cc2-c2ccc(C=N)c(NC)c2)cc1C. The number of rotatable bonds is 10. The van der Waals surface area contributed by atoms with E-state index < -0.39 is 0 Å². The highest BCUT2D eigenvalue weighted by Gasteiger charge is 2.16. The molecule has 48 heavy (non-hydrogen) atoms. The minimum absolute atomic E-state index is 0.825. The Balaban J connectivity index is 1.46. The molecule has 6 heteroatoms. The fourth-order valence-corrected chi connectivity index (χ4v) is 6.25. The zero-order valence-electron chi connectivity index (χ0n) is 27.6. The van der Waals surface area contributed by atoms with Crippen LogP contribution in [0.2, 0.25) is 0 Å². The largest absolute Gasteiger partial charge is 0.388 e. The molecule has 0 amide bonds. The third kappa shape index (κ3) is 6.04. The van der Waals surface area contributed by atoms with Gasteiger partial charge in [0.2, 0.25) is 0 Å². The highest BCUT2D eigenvalue weighted by molar-refractivity contribution is 5.92. The molecule has 6 aromatic rings. The van der Waals surface area contributed by atoms with E-state index >= 15 is 0 Å². The third-order valence-electron chi connectivity index (χ3n) is 8.85. The molecule has 0 spiro atoms. The third-order valence-corrected chi connectivity index (χ3v) is 8.85. The van der Waals surface area contributed by atoms with Crippen molar-refractivity contribution in [1.29, 1.82) is 10.8 Å². The molecule has 236 valence electrons. The summed E-state index contributed by atoms with van der Waals surface area (Å²) in [5.74, 6) is 0. The van der Waals surface area contributed by atoms with Crippen molar-refractivity contribution in [1.82, 2.24) is 9.97 Å². The van der Waals surface area contributed by atoms with Crippen molar-refractivity contribution in [2.45, 2.75) is 13.8 Å². The number of benzene rings is 4. The monoisotopic (exact) mass is 626 g/mol. The lowest BCUT2D eigenvalue weighted by Crippen LogP contribution is -1.98. The topological polar surface area (TPSA) is 97.5 Å². The molecule has 0 atom stereocenters. The Kier molecular flexibility index (Phi) is 9.08. The van der Waals surface area contributed by atoms with Gasteiger partial charge in [-0.1, -0.05) is 67.3 Å². The number of hydrogen-bond acceptors (Lipinski definition) is 6. The first-order valence-electron chi connectivity index (χ1n) is 15.8. The first-order chi connectivity index (χ1) is 23.4. The Bertz CT molecular complexity index is 2200. The zero-order valence-corrected chi connectivity index (χ0v) is 27.6. The van der Waals surface area contributed by atoms with Gasteiger partial charge in [-0.05, 0) is 83.6 Å². The summed E-state index contributed by atoms with van der Waals surface area (Å²) in [5.41, 5.74) is 16.8. The minimum Gasteiger partial charge on any atom is -0.388 e. The molecule has 0 bridgehead atoms. The minimum atomic E-state index is 0.825. The Morgan fingerprint density at radius 2 is 1.12 bits per heavy atom. The number of pyridine rings is 2. The van der Waals surface area contributed by atoms with Crippen molar-refractivity contribution in [3.63, 3.8) is 0 Å². The molecule has 6 nitrogen and oxygen atoms in total. The molecule has 0 unspecified atom stereocenters. The fraction of sp³-hybridized carbons (Fsp3) is 0.0952. The number of nitrogens with zero attached hydrogens (tertiary/aromatic N) is 2. The summed E-state index contributed by atoms with van der Waals surface area (Å²) in [4.78, 5) is 9.89. The zero-order chi connectivity index (χ0) is 33.8. The quantitative estimate of drug-likeness (QED) is 0.114. The maximum Gasteiger partial charge on any atom is 0.0780 e. The lowest BCUT2D eigenvalue weighted by atomic mass is 9.91. The van der Waals surface area contributed by atoms with Gasteiger partial charge in [0.25, 0.3) is 0 Å². The van der Waals surface area contributed by atoms with Crippen LogP contribution >= 0.6 is 0 Å². The molecule has 0 saturated heterocycles. The summed E-state index contributed by atoms with van der Waals surface area (Å²) in [6, 6.07) is 31.3. The highest BCUT2D eigenvalue weighted by atomic mass is 14.8. The summed E-state index contributed by atoms with van der Waals surface area (Å²) < 4.78 is 0. The molecular weight excluding hydrogens is 589 g/mol. The van der Waals surface area contributed by atoms with Gasteiger partial charge in [-0.25, -0.2) is 0 Å². The van der Waals surface area contributed by atoms with Crippen LogP contribution in [0.4, 0.5) is 11.4 Å². The van der Waals surface area contributed by atoms with Gasteiger partial charge in [-0.15, -0.1) is 0 Å². The van der Waals surface area contributed by atoms with Crippen LogP contribution in [0.3, 0.4) is 0 Å². The number of hydrogen-bond donors (Lipinski definition) is 4. The number of aromatic nitrogens is 2. The lowest BCUT2D eigenvalue weighted by Gasteiger charge is -2.16. The van der Waals surface area contributed by atoms with Gasteiger partial charge in [0.05, 0.1) is 11.4 Å². The Morgan fingerprint density at radius 1 is 0.562 bits per heavy atom. The van der Waals surface area contributed by atoms with Gasteiger partial charge < -0.3 is 21.5 Å². The standard InChI is InChI=1S/C42H38N6/c1-6-28-9-12-31(18-26(28)2)42-38(30-11-14-34(24-44)40(22-30)46-5)20-35(25-48-42)36-16-15-32(19-27(36)3)41-37(8-7-17-47-41)29-10-13-33(23-43)39(21-29)45-4/h6-25,43-46H,1H2,2-5H3. The van der Waals surface area contributed by atoms with Crippen LogP contribution in [0.1, 0.15) is 27.8 Å². The van der Waals surface area contributed by atoms with Crippen LogP contribution in [0.25, 0.3) is 62.0 Å². The molecule has 2 heterocycles. The lowest BCUT2D eigenvalue weighted by molar-refractivity contribution is 1.30. The van der Waals surface area contributed by atoms with Crippen LogP contribution in [0, 0.1) is 24.7 Å². The second-order valence-corrected chi connectivity index (χ2v) is 11.7. The van der Waals surface area contributed by atoms with E-state index in [0.29, 0.717) is 0 Å². The summed E-state index contributed by atoms with van der Waals surface area (Å²) in [6.45, 7) is 8.17. The van der Waals surface area contributed by atoms with Gasteiger partial charge >= 0.3 is 0 Å². The van der Waals surface area contributed by atoms with E-state index in [1.165, 1.54) is 12.4 Å². The molecule has 0 radical (unpaired) electrons. The van der Waals surface area contributed by atoms with E-state index in [-0.39, 0.29) is 0 Å². The summed E-state index contributed by atoms with van der Waals surface area (Å²) >= 11 is 0. The average molecular weight is 627 g/mol. The van der Waals surface area contributed by atoms with Gasteiger partial charge in [-0.3, -0.25) is 9.97 Å². The molecule has 2 aromatic heterocycles. The molecule has 0 fully saturated rings. The van der Waals surface area contributed by atoms with E-state index in [0.717, 1.165) is 95.1 Å². The summed E-state index contributed by atoms with van der Waals surface area (Å²) in [7, 11) is 3.75. The van der Waals surface area contributed by atoms with Crippen molar-refractivity contribution in [2.75, 3.05) is 24.7 Å². The second-order valence-electron chi connectivity index (χ2n) is 11.7. The van der Waals surface area contributed by atoms with Gasteiger partial charge in [-0.2, -0.15) is 0 Å². The van der Waals surface area contributed by atoms with Gasteiger partial charge in [0, 0.05) is 89.2 Å². The van der Waals surface area contributed by atoms with E-state index in [4.69, 9.17) is 20.8 Å². The number of nitrogens with one attached hydrogen (secondary N) is 4. The predicted octanol–water partition coefficient (Wildman–Crippen LogP) is 10.2. The van der Waals surface area contributed by atoms with Crippen LogP contribution in [0.5, 0.6) is 0 Å². The van der Waals surface area contributed by atoms with Crippen molar-refractivity contribution in [3.8, 4) is 55.9 Å².